The summed E-state index contributed by atoms with van der Waals surface area (Å²) in [4.78, 5) is 15.9. The summed E-state index contributed by atoms with van der Waals surface area (Å²) in [7, 11) is 1.42. The molecule has 31 heavy (non-hydrogen) atoms. The normalized spacial score (nSPS) is 15.8. The number of unbranched alkanes of at least 4 members (excludes halogenated alkanes) is 1. The highest BCUT2D eigenvalue weighted by Gasteiger charge is 2.20. The Hall–Kier alpha value is -2.48. The van der Waals surface area contributed by atoms with Crippen molar-refractivity contribution in [3.8, 4) is 11.5 Å². The fraction of sp³-hybridized carbons (Fsp3) is 0.652. The number of fused-ring (bicyclic) bond motifs is 1. The van der Waals surface area contributed by atoms with Crippen LogP contribution < -0.4 is 20.1 Å². The van der Waals surface area contributed by atoms with E-state index in [-0.39, 0.29) is 5.97 Å². The lowest BCUT2D eigenvalue weighted by Crippen LogP contribution is -2.32. The van der Waals surface area contributed by atoms with Crippen LogP contribution in [-0.2, 0) is 14.3 Å². The van der Waals surface area contributed by atoms with E-state index in [1.54, 1.807) is 0 Å². The maximum absolute atomic E-state index is 11.3. The molecule has 1 aromatic carbocycles. The molecule has 3 rings (SSSR count). The monoisotopic (exact) mass is 433 g/mol. The van der Waals surface area contributed by atoms with Crippen LogP contribution in [0, 0.1) is 5.92 Å². The molecule has 0 bridgehead atoms. The molecule has 8 heteroatoms. The predicted octanol–water partition coefficient (Wildman–Crippen LogP) is 3.37. The van der Waals surface area contributed by atoms with Gasteiger partial charge in [-0.25, -0.2) is 0 Å². The maximum Gasteiger partial charge on any atom is 0.305 e. The third kappa shape index (κ3) is 9.04. The summed E-state index contributed by atoms with van der Waals surface area (Å²) in [5.74, 6) is 2.82. The van der Waals surface area contributed by atoms with Crippen LogP contribution in [0.3, 0.4) is 0 Å². The second kappa shape index (κ2) is 13.0. The Morgan fingerprint density at radius 3 is 2.81 bits per heavy atom. The number of carbonyl (C=O) groups excluding carboxylic acids is 1. The zero-order valence-electron chi connectivity index (χ0n) is 18.5. The molecule has 0 unspecified atom stereocenters. The van der Waals surface area contributed by atoms with Gasteiger partial charge in [-0.05, 0) is 50.2 Å². The van der Waals surface area contributed by atoms with E-state index < -0.39 is 0 Å². The van der Waals surface area contributed by atoms with Crippen LogP contribution in [0.4, 0.5) is 5.69 Å². The number of ether oxygens (including phenoxy) is 4. The van der Waals surface area contributed by atoms with Gasteiger partial charge in [-0.2, -0.15) is 0 Å². The fourth-order valence-electron chi connectivity index (χ4n) is 3.11. The zero-order chi connectivity index (χ0) is 21.7. The number of methoxy groups -OCH3 is 1. The molecule has 2 aliphatic rings. The number of nitrogens with zero attached hydrogens (tertiary/aromatic N) is 1. The maximum atomic E-state index is 11.3. The molecule has 1 aliphatic heterocycles. The Bertz CT molecular complexity index is 721. The van der Waals surface area contributed by atoms with Crippen molar-refractivity contribution in [3.63, 3.8) is 0 Å². The minimum absolute atomic E-state index is 0.176. The van der Waals surface area contributed by atoms with Crippen LogP contribution in [-0.4, -0.2) is 58.6 Å². The number of benzene rings is 1. The molecule has 0 amide bonds. The molecule has 1 heterocycles. The minimum Gasteiger partial charge on any atom is -0.490 e. The molecule has 172 valence electrons. The molecule has 0 saturated heterocycles. The first-order valence-corrected chi connectivity index (χ1v) is 11.3. The Kier molecular flexibility index (Phi) is 9.76. The summed E-state index contributed by atoms with van der Waals surface area (Å²) >= 11 is 0. The van der Waals surface area contributed by atoms with Crippen molar-refractivity contribution < 1.29 is 23.7 Å². The first-order chi connectivity index (χ1) is 15.2. The summed E-state index contributed by atoms with van der Waals surface area (Å²) in [6, 6.07) is 5.82. The van der Waals surface area contributed by atoms with Gasteiger partial charge in [0.15, 0.2) is 17.5 Å². The average Bonchev–Trinajstić information content (AvgIpc) is 3.62. The Morgan fingerprint density at radius 1 is 1.16 bits per heavy atom. The zero-order valence-corrected chi connectivity index (χ0v) is 18.5. The molecule has 1 fully saturated rings. The minimum atomic E-state index is -0.176. The first-order valence-electron chi connectivity index (χ1n) is 11.3. The van der Waals surface area contributed by atoms with Gasteiger partial charge in [0.05, 0.1) is 20.3 Å². The number of hydrogen-bond acceptors (Lipinski definition) is 6. The highest BCUT2D eigenvalue weighted by molar-refractivity contribution is 5.93. The standard InChI is InChI=1S/C23H35N3O5/c1-28-22(27)6-2-3-11-24-23(25-12-4-13-29-17-18-7-8-18)26-19-9-10-20-21(16-19)31-15-5-14-30-20/h9-10,16,18H,2-8,11-15,17H2,1H3,(H2,24,25,26). The second-order valence-electron chi connectivity index (χ2n) is 7.90. The van der Waals surface area contributed by atoms with Gasteiger partial charge in [-0.1, -0.05) is 0 Å². The summed E-state index contributed by atoms with van der Waals surface area (Å²) < 4.78 is 21.9. The molecule has 8 nitrogen and oxygen atoms in total. The van der Waals surface area contributed by atoms with E-state index in [1.807, 2.05) is 18.2 Å². The fourth-order valence-corrected chi connectivity index (χ4v) is 3.11. The Labute approximate surface area is 184 Å². The summed E-state index contributed by atoms with van der Waals surface area (Å²) in [6.07, 6.45) is 6.42. The molecule has 1 aliphatic carbocycles. The highest BCUT2D eigenvalue weighted by atomic mass is 16.5. The number of guanidine groups is 1. The van der Waals surface area contributed by atoms with Gasteiger partial charge in [-0.15, -0.1) is 0 Å². The van der Waals surface area contributed by atoms with E-state index in [1.165, 1.54) is 20.0 Å². The Balaban J connectivity index is 1.49. The van der Waals surface area contributed by atoms with Crippen LogP contribution in [0.25, 0.3) is 0 Å². The Morgan fingerprint density at radius 2 is 2.00 bits per heavy atom. The predicted molar refractivity (Wildman–Crippen MR) is 120 cm³/mol. The molecular formula is C23H35N3O5. The van der Waals surface area contributed by atoms with E-state index in [0.717, 1.165) is 62.0 Å². The number of aliphatic imine (C=N–C) groups is 1. The molecule has 2 N–H and O–H groups in total. The molecule has 0 spiro atoms. The highest BCUT2D eigenvalue weighted by Crippen LogP contribution is 2.32. The molecular weight excluding hydrogens is 398 g/mol. The van der Waals surface area contributed by atoms with E-state index in [4.69, 9.17) is 14.2 Å². The first kappa shape index (κ1) is 23.2. The van der Waals surface area contributed by atoms with E-state index in [2.05, 4.69) is 20.4 Å². The smallest absolute Gasteiger partial charge is 0.305 e. The van der Waals surface area contributed by atoms with Gasteiger partial charge in [-0.3, -0.25) is 9.79 Å². The van der Waals surface area contributed by atoms with Gasteiger partial charge >= 0.3 is 5.97 Å². The lowest BCUT2D eigenvalue weighted by atomic mass is 10.2. The van der Waals surface area contributed by atoms with Crippen molar-refractivity contribution in [2.45, 2.75) is 44.9 Å². The number of rotatable bonds is 12. The van der Waals surface area contributed by atoms with E-state index in [0.29, 0.717) is 38.7 Å². The summed E-state index contributed by atoms with van der Waals surface area (Å²) in [5, 5.41) is 6.70. The summed E-state index contributed by atoms with van der Waals surface area (Å²) in [5.41, 5.74) is 0.884. The van der Waals surface area contributed by atoms with Crippen molar-refractivity contribution in [1.82, 2.24) is 5.32 Å². The number of nitrogens with one attached hydrogen (secondary N) is 2. The van der Waals surface area contributed by atoms with Crippen LogP contribution in [0.1, 0.15) is 44.9 Å². The van der Waals surface area contributed by atoms with Crippen LogP contribution in [0.15, 0.2) is 23.2 Å². The van der Waals surface area contributed by atoms with Gasteiger partial charge < -0.3 is 29.6 Å². The third-order valence-electron chi connectivity index (χ3n) is 5.11. The molecule has 0 atom stereocenters. The summed E-state index contributed by atoms with van der Waals surface area (Å²) in [6.45, 7) is 4.32. The van der Waals surface area contributed by atoms with Crippen LogP contribution in [0.5, 0.6) is 11.5 Å². The lowest BCUT2D eigenvalue weighted by Gasteiger charge is -2.14. The van der Waals surface area contributed by atoms with Gasteiger partial charge in [0.25, 0.3) is 0 Å². The number of hydrogen-bond donors (Lipinski definition) is 2. The SMILES string of the molecule is COC(=O)CCCCNC(=NCCCOCC1CC1)Nc1ccc2c(c1)OCCCO2. The molecule has 0 aromatic heterocycles. The number of esters is 1. The topological polar surface area (TPSA) is 90.4 Å². The van der Waals surface area contributed by atoms with Crippen molar-refractivity contribution >= 4 is 17.6 Å². The van der Waals surface area contributed by atoms with Crippen molar-refractivity contribution in [2.75, 3.05) is 51.9 Å². The van der Waals surface area contributed by atoms with E-state index >= 15 is 0 Å². The lowest BCUT2D eigenvalue weighted by molar-refractivity contribution is -0.140. The van der Waals surface area contributed by atoms with Gasteiger partial charge in [0.2, 0.25) is 0 Å². The van der Waals surface area contributed by atoms with Crippen molar-refractivity contribution in [1.29, 1.82) is 0 Å². The number of anilines is 1. The largest absolute Gasteiger partial charge is 0.490 e. The van der Waals surface area contributed by atoms with Gasteiger partial charge in [0.1, 0.15) is 0 Å². The van der Waals surface area contributed by atoms with Crippen LogP contribution >= 0.6 is 0 Å². The van der Waals surface area contributed by atoms with E-state index in [9.17, 15) is 4.79 Å². The third-order valence-corrected chi connectivity index (χ3v) is 5.11. The second-order valence-corrected chi connectivity index (χ2v) is 7.90. The van der Waals surface area contributed by atoms with Crippen molar-refractivity contribution in [3.05, 3.63) is 18.2 Å². The molecule has 1 saturated carbocycles. The molecule has 0 radical (unpaired) electrons. The average molecular weight is 434 g/mol. The van der Waals surface area contributed by atoms with Crippen LogP contribution in [0.2, 0.25) is 0 Å². The quantitative estimate of drug-likeness (QED) is 0.226. The molecule has 1 aromatic rings. The van der Waals surface area contributed by atoms with Gasteiger partial charge in [0, 0.05) is 50.9 Å². The van der Waals surface area contributed by atoms with Crippen molar-refractivity contribution in [2.24, 2.45) is 10.9 Å². The number of carbonyl (C=O) groups is 1.